The number of piperazine rings is 1. The van der Waals surface area contributed by atoms with Crippen molar-refractivity contribution in [1.29, 1.82) is 0 Å². The number of para-hydroxylation sites is 1. The second-order valence-corrected chi connectivity index (χ2v) is 9.38. The molecule has 170 valence electrons. The lowest BCUT2D eigenvalue weighted by Crippen LogP contribution is -2.46. The number of anilines is 1. The van der Waals surface area contributed by atoms with E-state index in [-0.39, 0.29) is 0 Å². The van der Waals surface area contributed by atoms with Gasteiger partial charge in [-0.15, -0.1) is 10.2 Å². The molecule has 0 bridgehead atoms. The van der Waals surface area contributed by atoms with E-state index in [9.17, 15) is 0 Å². The second-order valence-electron chi connectivity index (χ2n) is 8.51. The van der Waals surface area contributed by atoms with Gasteiger partial charge in [-0.2, -0.15) is 0 Å². The zero-order valence-corrected chi connectivity index (χ0v) is 19.9. The van der Waals surface area contributed by atoms with Crippen molar-refractivity contribution in [3.8, 4) is 11.4 Å². The number of aromatic nitrogens is 4. The summed E-state index contributed by atoms with van der Waals surface area (Å²) in [5.74, 6) is 1.63. The third kappa shape index (κ3) is 3.98. The standard InChI is InChI=1S/C26H22Cl2N6/c27-20-10-8-19(9-11-20)24-30-31-25-22-6-1-2-7-23(22)29-26(34(24)25)33-14-12-32(13-15-33)17-18-4-3-5-21(28)16-18/h1-11,16H,12-15,17H2. The molecule has 1 aliphatic rings. The average Bonchev–Trinajstić information content (AvgIpc) is 3.30. The summed E-state index contributed by atoms with van der Waals surface area (Å²) in [7, 11) is 0. The van der Waals surface area contributed by atoms with E-state index in [0.29, 0.717) is 5.02 Å². The predicted molar refractivity (Wildman–Crippen MR) is 138 cm³/mol. The lowest BCUT2D eigenvalue weighted by molar-refractivity contribution is 0.248. The van der Waals surface area contributed by atoms with Crippen LogP contribution in [0.15, 0.2) is 72.8 Å². The van der Waals surface area contributed by atoms with E-state index in [2.05, 4.69) is 30.5 Å². The maximum Gasteiger partial charge on any atom is 0.213 e. The number of benzene rings is 3. The third-order valence-electron chi connectivity index (χ3n) is 6.28. The molecule has 0 spiro atoms. The van der Waals surface area contributed by atoms with Gasteiger partial charge < -0.3 is 4.90 Å². The number of nitrogens with zero attached hydrogens (tertiary/aromatic N) is 6. The van der Waals surface area contributed by atoms with Crippen molar-refractivity contribution in [3.05, 3.63) is 88.4 Å². The predicted octanol–water partition coefficient (Wildman–Crippen LogP) is 5.57. The Bertz CT molecular complexity index is 1470. The van der Waals surface area contributed by atoms with Crippen LogP contribution in [-0.2, 0) is 6.54 Å². The summed E-state index contributed by atoms with van der Waals surface area (Å²) in [6.07, 6.45) is 0. The smallest absolute Gasteiger partial charge is 0.213 e. The highest BCUT2D eigenvalue weighted by Gasteiger charge is 2.24. The Kier molecular flexibility index (Phi) is 5.57. The van der Waals surface area contributed by atoms with Crippen LogP contribution in [0.5, 0.6) is 0 Å². The van der Waals surface area contributed by atoms with Crippen LogP contribution in [0, 0.1) is 0 Å². The maximum atomic E-state index is 6.18. The Morgan fingerprint density at radius 3 is 2.35 bits per heavy atom. The van der Waals surface area contributed by atoms with Crippen molar-refractivity contribution >= 4 is 45.7 Å². The molecule has 1 fully saturated rings. The first kappa shape index (κ1) is 21.4. The molecule has 6 rings (SSSR count). The molecule has 0 saturated carbocycles. The minimum Gasteiger partial charge on any atom is -0.339 e. The summed E-state index contributed by atoms with van der Waals surface area (Å²) in [5.41, 5.74) is 3.92. The maximum absolute atomic E-state index is 6.18. The van der Waals surface area contributed by atoms with Crippen molar-refractivity contribution in [2.75, 3.05) is 31.1 Å². The molecule has 34 heavy (non-hydrogen) atoms. The molecule has 2 aromatic heterocycles. The normalized spacial score (nSPS) is 14.8. The molecular weight excluding hydrogens is 467 g/mol. The molecule has 0 radical (unpaired) electrons. The van der Waals surface area contributed by atoms with Crippen molar-refractivity contribution in [3.63, 3.8) is 0 Å². The zero-order valence-electron chi connectivity index (χ0n) is 18.4. The van der Waals surface area contributed by atoms with Gasteiger partial charge in [0.25, 0.3) is 0 Å². The third-order valence-corrected chi connectivity index (χ3v) is 6.77. The topological polar surface area (TPSA) is 49.6 Å². The van der Waals surface area contributed by atoms with E-state index in [4.69, 9.17) is 28.2 Å². The molecule has 1 aliphatic heterocycles. The molecule has 5 aromatic rings. The van der Waals surface area contributed by atoms with E-state index < -0.39 is 0 Å². The van der Waals surface area contributed by atoms with Gasteiger partial charge in [0.2, 0.25) is 5.95 Å². The number of halogens is 2. The van der Waals surface area contributed by atoms with Gasteiger partial charge in [0.05, 0.1) is 5.52 Å². The summed E-state index contributed by atoms with van der Waals surface area (Å²) in [4.78, 5) is 9.85. The van der Waals surface area contributed by atoms with E-state index in [1.165, 1.54) is 5.56 Å². The summed E-state index contributed by atoms with van der Waals surface area (Å²) < 4.78 is 2.08. The Morgan fingerprint density at radius 1 is 0.765 bits per heavy atom. The van der Waals surface area contributed by atoms with Gasteiger partial charge in [0, 0.05) is 53.7 Å². The number of hydrogen-bond donors (Lipinski definition) is 0. The van der Waals surface area contributed by atoms with Crippen molar-refractivity contribution in [2.45, 2.75) is 6.54 Å². The molecule has 6 nitrogen and oxygen atoms in total. The van der Waals surface area contributed by atoms with Crippen LogP contribution < -0.4 is 4.90 Å². The summed E-state index contributed by atoms with van der Waals surface area (Å²) in [5, 5.41) is 11.6. The summed E-state index contributed by atoms with van der Waals surface area (Å²) in [6.45, 7) is 4.47. The fourth-order valence-corrected chi connectivity index (χ4v) is 4.90. The Hall–Kier alpha value is -3.19. The first-order chi connectivity index (χ1) is 16.7. The van der Waals surface area contributed by atoms with Crippen LogP contribution in [0.3, 0.4) is 0 Å². The number of rotatable bonds is 4. The highest BCUT2D eigenvalue weighted by atomic mass is 35.5. The van der Waals surface area contributed by atoms with Crippen LogP contribution >= 0.6 is 23.2 Å². The van der Waals surface area contributed by atoms with Crippen LogP contribution in [0.4, 0.5) is 5.95 Å². The second kappa shape index (κ2) is 8.87. The molecule has 3 aromatic carbocycles. The first-order valence-corrected chi connectivity index (χ1v) is 12.0. The minimum absolute atomic E-state index is 0.692. The molecule has 0 unspecified atom stereocenters. The van der Waals surface area contributed by atoms with Gasteiger partial charge in [0.15, 0.2) is 11.5 Å². The van der Waals surface area contributed by atoms with Gasteiger partial charge in [-0.25, -0.2) is 9.38 Å². The Labute approximate surface area is 207 Å². The fraction of sp³-hybridized carbons (Fsp3) is 0.192. The molecular formula is C26H22Cl2N6. The Morgan fingerprint density at radius 2 is 1.56 bits per heavy atom. The van der Waals surface area contributed by atoms with Crippen LogP contribution in [0.1, 0.15) is 5.56 Å². The van der Waals surface area contributed by atoms with Crippen LogP contribution in [-0.4, -0.2) is 50.7 Å². The highest BCUT2D eigenvalue weighted by molar-refractivity contribution is 6.30. The van der Waals surface area contributed by atoms with Crippen molar-refractivity contribution < 1.29 is 0 Å². The zero-order chi connectivity index (χ0) is 23.1. The number of hydrogen-bond acceptors (Lipinski definition) is 5. The quantitative estimate of drug-likeness (QED) is 0.330. The van der Waals surface area contributed by atoms with Crippen LogP contribution in [0.2, 0.25) is 10.0 Å². The lowest BCUT2D eigenvalue weighted by Gasteiger charge is -2.35. The van der Waals surface area contributed by atoms with Gasteiger partial charge in [-0.1, -0.05) is 47.5 Å². The van der Waals surface area contributed by atoms with E-state index >= 15 is 0 Å². The lowest BCUT2D eigenvalue weighted by atomic mass is 10.2. The van der Waals surface area contributed by atoms with Crippen molar-refractivity contribution in [1.82, 2.24) is 24.5 Å². The van der Waals surface area contributed by atoms with Gasteiger partial charge in [-0.05, 0) is 54.1 Å². The first-order valence-electron chi connectivity index (χ1n) is 11.3. The molecule has 0 amide bonds. The van der Waals surface area contributed by atoms with Gasteiger partial charge >= 0.3 is 0 Å². The average molecular weight is 489 g/mol. The molecule has 1 saturated heterocycles. The van der Waals surface area contributed by atoms with E-state index in [1.54, 1.807) is 0 Å². The summed E-state index contributed by atoms with van der Waals surface area (Å²) in [6, 6.07) is 23.9. The summed E-state index contributed by atoms with van der Waals surface area (Å²) >= 11 is 12.3. The van der Waals surface area contributed by atoms with Gasteiger partial charge in [-0.3, -0.25) is 4.90 Å². The fourth-order valence-electron chi connectivity index (χ4n) is 4.56. The Balaban J connectivity index is 1.36. The van der Waals surface area contributed by atoms with Crippen LogP contribution in [0.25, 0.3) is 27.9 Å². The molecule has 0 atom stereocenters. The SMILES string of the molecule is Clc1ccc(-c2nnc3c4ccccc4nc(N4CCN(Cc5cccc(Cl)c5)CC4)n23)cc1. The van der Waals surface area contributed by atoms with Crippen molar-refractivity contribution in [2.24, 2.45) is 0 Å². The molecule has 8 heteroatoms. The minimum atomic E-state index is 0.692. The number of fused-ring (bicyclic) bond motifs is 3. The van der Waals surface area contributed by atoms with Gasteiger partial charge in [0.1, 0.15) is 0 Å². The molecule has 0 N–H and O–H groups in total. The largest absolute Gasteiger partial charge is 0.339 e. The van der Waals surface area contributed by atoms with E-state index in [0.717, 1.165) is 71.6 Å². The molecule has 3 heterocycles. The highest BCUT2D eigenvalue weighted by Crippen LogP contribution is 2.29. The monoisotopic (exact) mass is 488 g/mol. The molecule has 0 aliphatic carbocycles. The van der Waals surface area contributed by atoms with E-state index in [1.807, 2.05) is 66.7 Å².